The van der Waals surface area contributed by atoms with Crippen molar-refractivity contribution in [3.05, 3.63) is 53.3 Å². The minimum absolute atomic E-state index is 0.0616. The number of benzene rings is 2. The van der Waals surface area contributed by atoms with Crippen LogP contribution in [0.25, 0.3) is 0 Å². The van der Waals surface area contributed by atoms with Gasteiger partial charge in [0.25, 0.3) is 10.0 Å². The Labute approximate surface area is 127 Å². The van der Waals surface area contributed by atoms with Gasteiger partial charge in [-0.15, -0.1) is 0 Å². The highest BCUT2D eigenvalue weighted by Gasteiger charge is 2.22. The molecule has 0 aliphatic carbocycles. The van der Waals surface area contributed by atoms with Gasteiger partial charge in [0.15, 0.2) is 0 Å². The minimum atomic E-state index is -3.80. The van der Waals surface area contributed by atoms with Gasteiger partial charge in [0, 0.05) is 5.69 Å². The topological polar surface area (TPSA) is 75.3 Å². The van der Waals surface area contributed by atoms with Gasteiger partial charge in [-0.25, -0.2) is 12.8 Å². The Kier molecular flexibility index (Phi) is 3.37. The number of sulfonamides is 1. The molecule has 22 heavy (non-hydrogen) atoms. The minimum Gasteiger partial charge on any atom is -0.326 e. The van der Waals surface area contributed by atoms with E-state index in [-0.39, 0.29) is 17.2 Å². The van der Waals surface area contributed by atoms with E-state index in [0.717, 1.165) is 0 Å². The van der Waals surface area contributed by atoms with Crippen LogP contribution in [0.1, 0.15) is 11.1 Å². The van der Waals surface area contributed by atoms with Crippen molar-refractivity contribution in [1.82, 2.24) is 0 Å². The smallest absolute Gasteiger partial charge is 0.261 e. The zero-order valence-corrected chi connectivity index (χ0v) is 12.5. The van der Waals surface area contributed by atoms with E-state index in [0.29, 0.717) is 22.5 Å². The Morgan fingerprint density at radius 1 is 1.18 bits per heavy atom. The summed E-state index contributed by atoms with van der Waals surface area (Å²) in [5.74, 6) is -0.588. The third-order valence-corrected chi connectivity index (χ3v) is 4.81. The van der Waals surface area contributed by atoms with E-state index in [1.807, 2.05) is 0 Å². The first kappa shape index (κ1) is 14.5. The fourth-order valence-electron chi connectivity index (χ4n) is 2.32. The number of nitrogens with one attached hydrogen (secondary N) is 2. The molecule has 0 saturated heterocycles. The number of aryl methyl sites for hydroxylation is 1. The Hall–Kier alpha value is -2.41. The molecule has 0 aromatic heterocycles. The van der Waals surface area contributed by atoms with Crippen molar-refractivity contribution in [2.75, 3.05) is 10.0 Å². The molecular weight excluding hydrogens is 307 g/mol. The first-order chi connectivity index (χ1) is 10.3. The van der Waals surface area contributed by atoms with E-state index in [4.69, 9.17) is 0 Å². The predicted molar refractivity (Wildman–Crippen MR) is 80.7 cm³/mol. The third-order valence-electron chi connectivity index (χ3n) is 3.44. The van der Waals surface area contributed by atoms with Crippen molar-refractivity contribution in [2.24, 2.45) is 0 Å². The second-order valence-electron chi connectivity index (χ2n) is 5.11. The Bertz CT molecular complexity index is 878. The SMILES string of the molecule is Cc1cc(F)ccc1NS(=O)(=O)c1ccc2c(c1)CC(=O)N2. The van der Waals surface area contributed by atoms with Crippen LogP contribution in [-0.4, -0.2) is 14.3 Å². The standard InChI is InChI=1S/C15H13FN2O3S/c1-9-6-11(16)2-4-13(9)18-22(20,21)12-3-5-14-10(7-12)8-15(19)17-14/h2-7,18H,8H2,1H3,(H,17,19). The number of fused-ring (bicyclic) bond motifs is 1. The summed E-state index contributed by atoms with van der Waals surface area (Å²) in [4.78, 5) is 11.4. The molecule has 1 aliphatic rings. The number of hydrogen-bond donors (Lipinski definition) is 2. The Morgan fingerprint density at radius 3 is 2.68 bits per heavy atom. The molecule has 0 fully saturated rings. The highest BCUT2D eigenvalue weighted by molar-refractivity contribution is 7.92. The number of carbonyl (C=O) groups excluding carboxylic acids is 1. The molecule has 114 valence electrons. The monoisotopic (exact) mass is 320 g/mol. The van der Waals surface area contributed by atoms with E-state index < -0.39 is 15.8 Å². The summed E-state index contributed by atoms with van der Waals surface area (Å²) in [7, 11) is -3.80. The lowest BCUT2D eigenvalue weighted by atomic mass is 10.2. The first-order valence-electron chi connectivity index (χ1n) is 6.57. The molecule has 0 spiro atoms. The van der Waals surface area contributed by atoms with Crippen molar-refractivity contribution in [1.29, 1.82) is 0 Å². The molecule has 5 nitrogen and oxygen atoms in total. The van der Waals surface area contributed by atoms with Gasteiger partial charge in [0.05, 0.1) is 17.0 Å². The molecule has 0 bridgehead atoms. The van der Waals surface area contributed by atoms with Gasteiger partial charge in [-0.05, 0) is 54.4 Å². The molecule has 2 N–H and O–H groups in total. The lowest BCUT2D eigenvalue weighted by Crippen LogP contribution is -2.14. The van der Waals surface area contributed by atoms with Gasteiger partial charge in [0.1, 0.15) is 5.82 Å². The highest BCUT2D eigenvalue weighted by Crippen LogP contribution is 2.27. The van der Waals surface area contributed by atoms with Crippen LogP contribution in [0.4, 0.5) is 15.8 Å². The van der Waals surface area contributed by atoms with Crippen LogP contribution in [0.5, 0.6) is 0 Å². The van der Waals surface area contributed by atoms with Crippen LogP contribution in [0.3, 0.4) is 0 Å². The molecule has 0 saturated carbocycles. The van der Waals surface area contributed by atoms with Crippen molar-refractivity contribution in [2.45, 2.75) is 18.2 Å². The highest BCUT2D eigenvalue weighted by atomic mass is 32.2. The lowest BCUT2D eigenvalue weighted by molar-refractivity contribution is -0.115. The summed E-state index contributed by atoms with van der Waals surface area (Å²) in [5.41, 5.74) is 2.07. The van der Waals surface area contributed by atoms with E-state index >= 15 is 0 Å². The fourth-order valence-corrected chi connectivity index (χ4v) is 3.50. The second-order valence-corrected chi connectivity index (χ2v) is 6.79. The van der Waals surface area contributed by atoms with Gasteiger partial charge in [0.2, 0.25) is 5.91 Å². The largest absolute Gasteiger partial charge is 0.326 e. The second kappa shape index (κ2) is 5.10. The van der Waals surface area contributed by atoms with Crippen molar-refractivity contribution in [3.8, 4) is 0 Å². The maximum atomic E-state index is 13.1. The molecule has 2 aromatic carbocycles. The normalized spacial score (nSPS) is 13.6. The number of carbonyl (C=O) groups is 1. The molecule has 1 aliphatic heterocycles. The summed E-state index contributed by atoms with van der Waals surface area (Å²) in [6.45, 7) is 1.62. The van der Waals surface area contributed by atoms with Crippen LogP contribution >= 0.6 is 0 Å². The van der Waals surface area contributed by atoms with Crippen LogP contribution in [0.2, 0.25) is 0 Å². The average molecular weight is 320 g/mol. The van der Waals surface area contributed by atoms with Gasteiger partial charge in [-0.3, -0.25) is 9.52 Å². The van der Waals surface area contributed by atoms with Crippen LogP contribution in [0, 0.1) is 12.7 Å². The molecule has 0 atom stereocenters. The fraction of sp³-hybridized carbons (Fsp3) is 0.133. The summed E-state index contributed by atoms with van der Waals surface area (Å²) in [6.07, 6.45) is 0.161. The van der Waals surface area contributed by atoms with Gasteiger partial charge in [-0.2, -0.15) is 0 Å². The summed E-state index contributed by atoms with van der Waals surface area (Å²) < 4.78 is 40.3. The summed E-state index contributed by atoms with van der Waals surface area (Å²) in [5, 5.41) is 2.65. The number of hydrogen-bond acceptors (Lipinski definition) is 3. The quantitative estimate of drug-likeness (QED) is 0.912. The molecule has 1 amide bonds. The number of halogens is 1. The third kappa shape index (κ3) is 2.67. The summed E-state index contributed by atoms with van der Waals surface area (Å²) >= 11 is 0. The Balaban J connectivity index is 1.94. The zero-order valence-electron chi connectivity index (χ0n) is 11.7. The van der Waals surface area contributed by atoms with Crippen LogP contribution in [0.15, 0.2) is 41.3 Å². The molecule has 1 heterocycles. The first-order valence-corrected chi connectivity index (χ1v) is 8.05. The molecule has 0 radical (unpaired) electrons. The number of rotatable bonds is 3. The van der Waals surface area contributed by atoms with Crippen molar-refractivity contribution in [3.63, 3.8) is 0 Å². The van der Waals surface area contributed by atoms with Crippen LogP contribution in [-0.2, 0) is 21.2 Å². The lowest BCUT2D eigenvalue weighted by Gasteiger charge is -2.11. The average Bonchev–Trinajstić information content (AvgIpc) is 2.81. The summed E-state index contributed by atoms with van der Waals surface area (Å²) in [6, 6.07) is 8.27. The number of anilines is 2. The molecule has 3 rings (SSSR count). The molecule has 2 aromatic rings. The van der Waals surface area contributed by atoms with Crippen molar-refractivity contribution < 1.29 is 17.6 Å². The van der Waals surface area contributed by atoms with Gasteiger partial charge >= 0.3 is 0 Å². The molecule has 7 heteroatoms. The van der Waals surface area contributed by atoms with Gasteiger partial charge in [-0.1, -0.05) is 0 Å². The van der Waals surface area contributed by atoms with Crippen LogP contribution < -0.4 is 10.0 Å². The predicted octanol–water partition coefficient (Wildman–Crippen LogP) is 2.43. The maximum absolute atomic E-state index is 13.1. The van der Waals surface area contributed by atoms with Crippen molar-refractivity contribution >= 4 is 27.3 Å². The van der Waals surface area contributed by atoms with E-state index in [2.05, 4.69) is 10.0 Å². The molecule has 0 unspecified atom stereocenters. The van der Waals surface area contributed by atoms with Gasteiger partial charge < -0.3 is 5.32 Å². The van der Waals surface area contributed by atoms with E-state index in [1.165, 1.54) is 30.3 Å². The van der Waals surface area contributed by atoms with E-state index in [9.17, 15) is 17.6 Å². The number of amides is 1. The Morgan fingerprint density at radius 2 is 1.95 bits per heavy atom. The zero-order chi connectivity index (χ0) is 15.9. The maximum Gasteiger partial charge on any atom is 0.261 e. The van der Waals surface area contributed by atoms with E-state index in [1.54, 1.807) is 13.0 Å². The molecular formula is C15H13FN2O3S.